The molecule has 2 aromatic carbocycles. The predicted octanol–water partition coefficient (Wildman–Crippen LogP) is 4.88. The maximum Gasteiger partial charge on any atom is 0.208 e. The molecule has 2 heterocycles. The lowest BCUT2D eigenvalue weighted by Crippen LogP contribution is -2.03. The molecule has 0 amide bonds. The summed E-state index contributed by atoms with van der Waals surface area (Å²) in [6.07, 6.45) is 8.20. The molecule has 0 aliphatic rings. The smallest absolute Gasteiger partial charge is 0.208 e. The van der Waals surface area contributed by atoms with Crippen LogP contribution in [0.4, 0.5) is 0 Å². The van der Waals surface area contributed by atoms with Gasteiger partial charge in [0, 0.05) is 24.8 Å². The SMILES string of the molecule is c1ccc2cc(O[PH](n3cccc3)n3cccc3)ccc2c1. The van der Waals surface area contributed by atoms with Crippen LogP contribution in [0.3, 0.4) is 0 Å². The highest BCUT2D eigenvalue weighted by atomic mass is 31.2. The van der Waals surface area contributed by atoms with Crippen molar-refractivity contribution in [1.82, 2.24) is 8.68 Å². The van der Waals surface area contributed by atoms with Gasteiger partial charge in [-0.25, -0.2) is 0 Å². The second-order valence-corrected chi connectivity index (χ2v) is 6.88. The number of fused-ring (bicyclic) bond motifs is 1. The van der Waals surface area contributed by atoms with Gasteiger partial charge in [0.1, 0.15) is 5.75 Å². The van der Waals surface area contributed by atoms with E-state index in [4.69, 9.17) is 4.52 Å². The summed E-state index contributed by atoms with van der Waals surface area (Å²) in [7, 11) is -1.40. The van der Waals surface area contributed by atoms with Crippen LogP contribution >= 0.6 is 8.45 Å². The van der Waals surface area contributed by atoms with Gasteiger partial charge in [-0.1, -0.05) is 30.3 Å². The zero-order chi connectivity index (χ0) is 14.8. The van der Waals surface area contributed by atoms with Crippen LogP contribution in [0.25, 0.3) is 10.8 Å². The summed E-state index contributed by atoms with van der Waals surface area (Å²) in [5.74, 6) is 0.898. The van der Waals surface area contributed by atoms with E-state index in [0.717, 1.165) is 5.75 Å². The van der Waals surface area contributed by atoms with Crippen LogP contribution in [0.15, 0.2) is 91.5 Å². The maximum atomic E-state index is 6.34. The average molecular weight is 307 g/mol. The fourth-order valence-corrected chi connectivity index (χ4v) is 4.17. The lowest BCUT2D eigenvalue weighted by molar-refractivity contribution is 0.594. The molecular formula is C18H16N2OP. The molecule has 22 heavy (non-hydrogen) atoms. The van der Waals surface area contributed by atoms with Gasteiger partial charge in [0.05, 0.1) is 0 Å². The van der Waals surface area contributed by atoms with Gasteiger partial charge in [0.2, 0.25) is 8.45 Å². The Bertz CT molecular complexity index is 835. The molecular weight excluding hydrogens is 291 g/mol. The molecule has 4 aromatic rings. The molecule has 0 atom stereocenters. The van der Waals surface area contributed by atoms with E-state index in [1.165, 1.54) is 10.8 Å². The minimum Gasteiger partial charge on any atom is -0.446 e. The van der Waals surface area contributed by atoms with Gasteiger partial charge in [-0.2, -0.15) is 0 Å². The highest BCUT2D eigenvalue weighted by Gasteiger charge is 2.11. The number of hydrogen-bond acceptors (Lipinski definition) is 1. The molecule has 3 nitrogen and oxygen atoms in total. The summed E-state index contributed by atoms with van der Waals surface area (Å²) >= 11 is 0. The zero-order valence-corrected chi connectivity index (χ0v) is 13.0. The van der Waals surface area contributed by atoms with Crippen molar-refractivity contribution in [2.75, 3.05) is 0 Å². The molecule has 1 radical (unpaired) electrons. The van der Waals surface area contributed by atoms with Gasteiger partial charge in [-0.15, -0.1) is 0 Å². The van der Waals surface area contributed by atoms with Crippen molar-refractivity contribution in [2.24, 2.45) is 0 Å². The van der Waals surface area contributed by atoms with Crippen molar-refractivity contribution < 1.29 is 4.52 Å². The molecule has 0 N–H and O–H groups in total. The summed E-state index contributed by atoms with van der Waals surface area (Å²) in [6.45, 7) is 0. The Balaban J connectivity index is 1.71. The molecule has 0 unspecified atom stereocenters. The van der Waals surface area contributed by atoms with Gasteiger partial charge in [0.15, 0.2) is 0 Å². The number of benzene rings is 2. The zero-order valence-electron chi connectivity index (χ0n) is 12.0. The van der Waals surface area contributed by atoms with Crippen LogP contribution in [0, 0.1) is 0 Å². The third-order valence-corrected chi connectivity index (χ3v) is 5.48. The number of hydrogen-bond donors (Lipinski definition) is 0. The van der Waals surface area contributed by atoms with E-state index < -0.39 is 8.45 Å². The highest BCUT2D eigenvalue weighted by molar-refractivity contribution is 7.49. The van der Waals surface area contributed by atoms with Crippen LogP contribution in [-0.4, -0.2) is 8.68 Å². The summed E-state index contributed by atoms with van der Waals surface area (Å²) in [5.41, 5.74) is 0. The van der Waals surface area contributed by atoms with Gasteiger partial charge in [0.25, 0.3) is 0 Å². The van der Waals surface area contributed by atoms with Crippen molar-refractivity contribution in [3.63, 3.8) is 0 Å². The highest BCUT2D eigenvalue weighted by Crippen LogP contribution is 2.41. The molecule has 109 valence electrons. The molecule has 4 heteroatoms. The van der Waals surface area contributed by atoms with Crippen molar-refractivity contribution in [1.29, 1.82) is 0 Å². The van der Waals surface area contributed by atoms with E-state index in [2.05, 4.69) is 69.9 Å². The monoisotopic (exact) mass is 307 g/mol. The molecule has 0 aliphatic heterocycles. The predicted molar refractivity (Wildman–Crippen MR) is 92.6 cm³/mol. The van der Waals surface area contributed by atoms with E-state index in [0.29, 0.717) is 0 Å². The largest absolute Gasteiger partial charge is 0.446 e. The standard InChI is InChI=1S/C18H16N2OP/c1-2-8-17-15-18(10-9-16(17)7-1)21-22(19-11-3-4-12-19)20-13-5-6-14-20/h1-15,22H. The van der Waals surface area contributed by atoms with Gasteiger partial charge in [-0.3, -0.25) is 8.68 Å². The lowest BCUT2D eigenvalue weighted by Gasteiger charge is -2.23. The molecule has 0 aliphatic carbocycles. The van der Waals surface area contributed by atoms with E-state index in [-0.39, 0.29) is 0 Å². The Kier molecular flexibility index (Phi) is 3.42. The summed E-state index contributed by atoms with van der Waals surface area (Å²) < 4.78 is 10.6. The third kappa shape index (κ3) is 2.51. The molecule has 0 saturated heterocycles. The topological polar surface area (TPSA) is 19.1 Å². The fraction of sp³-hybridized carbons (Fsp3) is 0. The van der Waals surface area contributed by atoms with Crippen LogP contribution < -0.4 is 4.52 Å². The fourth-order valence-electron chi connectivity index (χ4n) is 2.50. The van der Waals surface area contributed by atoms with E-state index in [1.807, 2.05) is 30.3 Å². The Hall–Kier alpha value is -2.51. The minimum absolute atomic E-state index is 0.898. The minimum atomic E-state index is -1.40. The molecule has 0 bridgehead atoms. The molecule has 0 saturated carbocycles. The Morgan fingerprint density at radius 2 is 1.23 bits per heavy atom. The number of aromatic nitrogens is 2. The van der Waals surface area contributed by atoms with Crippen molar-refractivity contribution in [3.8, 4) is 5.75 Å². The van der Waals surface area contributed by atoms with Gasteiger partial charge in [-0.05, 0) is 47.2 Å². The third-order valence-electron chi connectivity index (χ3n) is 3.58. The van der Waals surface area contributed by atoms with Crippen molar-refractivity contribution >= 4 is 19.2 Å². The Labute approximate surface area is 130 Å². The van der Waals surface area contributed by atoms with Gasteiger partial charge < -0.3 is 4.52 Å². The summed E-state index contributed by atoms with van der Waals surface area (Å²) in [4.78, 5) is 0. The van der Waals surface area contributed by atoms with Crippen LogP contribution in [0.2, 0.25) is 0 Å². The van der Waals surface area contributed by atoms with E-state index >= 15 is 0 Å². The van der Waals surface area contributed by atoms with Crippen LogP contribution in [0.1, 0.15) is 0 Å². The Morgan fingerprint density at radius 1 is 0.636 bits per heavy atom. The van der Waals surface area contributed by atoms with Crippen LogP contribution in [-0.2, 0) is 0 Å². The lowest BCUT2D eigenvalue weighted by atomic mass is 10.1. The van der Waals surface area contributed by atoms with Crippen molar-refractivity contribution in [2.45, 2.75) is 0 Å². The van der Waals surface area contributed by atoms with E-state index in [9.17, 15) is 0 Å². The summed E-state index contributed by atoms with van der Waals surface area (Å²) in [5, 5.41) is 2.42. The number of nitrogens with zero attached hydrogens (tertiary/aromatic N) is 2. The molecule has 4 rings (SSSR count). The van der Waals surface area contributed by atoms with Gasteiger partial charge >= 0.3 is 0 Å². The van der Waals surface area contributed by atoms with Crippen molar-refractivity contribution in [3.05, 3.63) is 91.5 Å². The first-order valence-corrected chi connectivity index (χ1v) is 8.51. The number of rotatable bonds is 4. The second kappa shape index (κ2) is 5.70. The first-order valence-electron chi connectivity index (χ1n) is 7.20. The molecule has 0 spiro atoms. The first kappa shape index (κ1) is 13.2. The average Bonchev–Trinajstić information content (AvgIpc) is 3.26. The normalized spacial score (nSPS) is 11.1. The van der Waals surface area contributed by atoms with E-state index in [1.54, 1.807) is 0 Å². The summed E-state index contributed by atoms with van der Waals surface area (Å²) in [6, 6.07) is 22.7. The molecule has 2 aromatic heterocycles. The first-order chi connectivity index (χ1) is 10.9. The second-order valence-electron chi connectivity index (χ2n) is 5.07. The Morgan fingerprint density at radius 3 is 1.86 bits per heavy atom. The molecule has 0 fully saturated rings. The van der Waals surface area contributed by atoms with Crippen LogP contribution in [0.5, 0.6) is 5.75 Å². The maximum absolute atomic E-state index is 6.34. The quantitative estimate of drug-likeness (QED) is 0.492.